The molecule has 0 saturated carbocycles. The van der Waals surface area contributed by atoms with Crippen molar-refractivity contribution < 1.29 is 23.2 Å². The first-order valence-corrected chi connectivity index (χ1v) is 12.8. The van der Waals surface area contributed by atoms with Gasteiger partial charge in [0, 0.05) is 34.3 Å². The molecule has 0 amide bonds. The Morgan fingerprint density at radius 2 is 0.926 bits per heavy atom. The molecule has 0 spiro atoms. The third-order valence-corrected chi connectivity index (χ3v) is 7.60. The second-order valence-corrected chi connectivity index (χ2v) is 10.3. The van der Waals surface area contributed by atoms with Gasteiger partial charge in [-0.2, -0.15) is 0 Å². The van der Waals surface area contributed by atoms with Crippen LogP contribution >= 0.6 is 0 Å². The Labute approximate surface area is 169 Å². The van der Waals surface area contributed by atoms with Gasteiger partial charge in [-0.05, 0) is 6.42 Å². The molecule has 0 saturated heterocycles. The summed E-state index contributed by atoms with van der Waals surface area (Å²) in [6.07, 6.45) is 19.4. The van der Waals surface area contributed by atoms with Crippen LogP contribution in [0.1, 0.15) is 104 Å². The number of aliphatic carboxylic acids is 1. The topological polar surface area (TPSA) is 65.0 Å². The SMILES string of the molecule is CC(=O)O.CCCCCCCCCCCCCCCC[Si](OC)(OC)OC. The first kappa shape index (κ1) is 28.8. The molecule has 0 atom stereocenters. The predicted molar refractivity (Wildman–Crippen MR) is 115 cm³/mol. The maximum absolute atomic E-state index is 9.00. The third-order valence-electron chi connectivity index (χ3n) is 4.77. The molecule has 0 heterocycles. The standard InChI is InChI=1S/C19H42O3Si.C2H4O2/c1-5-6-7-8-9-10-11-12-13-14-15-16-17-18-19-23(20-2,21-3)22-4;1-2(3)4/h5-19H2,1-4H3;1H3,(H,3,4). The Balaban J connectivity index is 0. The van der Waals surface area contributed by atoms with Gasteiger partial charge in [0.15, 0.2) is 0 Å². The van der Waals surface area contributed by atoms with Crippen molar-refractivity contribution in [1.29, 1.82) is 0 Å². The molecule has 0 aliphatic carbocycles. The zero-order valence-corrected chi connectivity index (χ0v) is 19.7. The van der Waals surface area contributed by atoms with Crippen molar-refractivity contribution in [1.82, 2.24) is 0 Å². The fourth-order valence-electron chi connectivity index (χ4n) is 3.09. The highest BCUT2D eigenvalue weighted by molar-refractivity contribution is 6.60. The van der Waals surface area contributed by atoms with Crippen molar-refractivity contribution >= 4 is 14.8 Å². The Morgan fingerprint density at radius 1 is 0.667 bits per heavy atom. The van der Waals surface area contributed by atoms with Gasteiger partial charge in [0.25, 0.3) is 5.97 Å². The normalized spacial score (nSPS) is 11.1. The Morgan fingerprint density at radius 3 is 1.19 bits per heavy atom. The van der Waals surface area contributed by atoms with Gasteiger partial charge < -0.3 is 18.4 Å². The number of carbonyl (C=O) groups is 1. The zero-order chi connectivity index (χ0) is 20.8. The maximum Gasteiger partial charge on any atom is 0.500 e. The molecule has 5 nitrogen and oxygen atoms in total. The molecule has 0 aromatic carbocycles. The Hall–Kier alpha value is -0.433. The molecule has 0 bridgehead atoms. The molecule has 1 N–H and O–H groups in total. The van der Waals surface area contributed by atoms with Crippen molar-refractivity contribution in [2.24, 2.45) is 0 Å². The predicted octanol–water partition coefficient (Wildman–Crippen LogP) is 6.44. The smallest absolute Gasteiger partial charge is 0.481 e. The van der Waals surface area contributed by atoms with Crippen molar-refractivity contribution in [3.05, 3.63) is 0 Å². The first-order valence-electron chi connectivity index (χ1n) is 10.8. The van der Waals surface area contributed by atoms with E-state index >= 15 is 0 Å². The summed E-state index contributed by atoms with van der Waals surface area (Å²) in [5, 5.41) is 7.42. The minimum Gasteiger partial charge on any atom is -0.481 e. The molecule has 0 aliphatic heterocycles. The molecular formula is C21H46O5Si. The molecule has 0 aliphatic rings. The molecular weight excluding hydrogens is 360 g/mol. The summed E-state index contributed by atoms with van der Waals surface area (Å²) in [4.78, 5) is 9.00. The Bertz CT molecular complexity index is 297. The van der Waals surface area contributed by atoms with Gasteiger partial charge in [-0.25, -0.2) is 0 Å². The van der Waals surface area contributed by atoms with Crippen molar-refractivity contribution in [3.63, 3.8) is 0 Å². The minimum absolute atomic E-state index is 0.833. The molecule has 0 fully saturated rings. The lowest BCUT2D eigenvalue weighted by molar-refractivity contribution is -0.134. The second-order valence-electron chi connectivity index (χ2n) is 7.16. The van der Waals surface area contributed by atoms with Gasteiger partial charge in [-0.3, -0.25) is 4.79 Å². The number of rotatable bonds is 18. The van der Waals surface area contributed by atoms with Gasteiger partial charge >= 0.3 is 8.80 Å². The van der Waals surface area contributed by atoms with Crippen molar-refractivity contribution in [2.75, 3.05) is 21.3 Å². The average Bonchev–Trinajstić information content (AvgIpc) is 2.65. The maximum atomic E-state index is 9.00. The minimum atomic E-state index is -2.32. The van der Waals surface area contributed by atoms with Crippen LogP contribution in [-0.2, 0) is 18.1 Å². The van der Waals surface area contributed by atoms with Crippen LogP contribution in [0.15, 0.2) is 0 Å². The largest absolute Gasteiger partial charge is 0.500 e. The molecule has 0 aromatic heterocycles. The molecule has 164 valence electrons. The van der Waals surface area contributed by atoms with E-state index < -0.39 is 14.8 Å². The van der Waals surface area contributed by atoms with E-state index in [4.69, 9.17) is 23.2 Å². The average molecular weight is 407 g/mol. The first-order chi connectivity index (χ1) is 13.0. The second kappa shape index (κ2) is 21.9. The molecule has 0 radical (unpaired) electrons. The number of unbranched alkanes of at least 4 members (excludes halogenated alkanes) is 13. The highest BCUT2D eigenvalue weighted by Crippen LogP contribution is 2.18. The van der Waals surface area contributed by atoms with E-state index in [-0.39, 0.29) is 0 Å². The van der Waals surface area contributed by atoms with Gasteiger partial charge in [0.1, 0.15) is 0 Å². The van der Waals surface area contributed by atoms with Crippen LogP contribution in [-0.4, -0.2) is 41.2 Å². The molecule has 0 rings (SSSR count). The van der Waals surface area contributed by atoms with Crippen LogP contribution in [0, 0.1) is 0 Å². The van der Waals surface area contributed by atoms with Crippen LogP contribution in [0.3, 0.4) is 0 Å². The van der Waals surface area contributed by atoms with E-state index in [2.05, 4.69) is 6.92 Å². The highest BCUT2D eigenvalue weighted by Gasteiger charge is 2.36. The monoisotopic (exact) mass is 406 g/mol. The number of carboxylic acids is 1. The van der Waals surface area contributed by atoms with Crippen LogP contribution in [0.2, 0.25) is 6.04 Å². The summed E-state index contributed by atoms with van der Waals surface area (Å²) in [5.41, 5.74) is 0. The van der Waals surface area contributed by atoms with Gasteiger partial charge in [0.05, 0.1) is 0 Å². The van der Waals surface area contributed by atoms with Gasteiger partial charge in [-0.1, -0.05) is 90.4 Å². The van der Waals surface area contributed by atoms with Crippen LogP contribution in [0.4, 0.5) is 0 Å². The van der Waals surface area contributed by atoms with Crippen LogP contribution < -0.4 is 0 Å². The summed E-state index contributed by atoms with van der Waals surface area (Å²) in [6, 6.07) is 0.939. The number of carboxylic acid groups (broad SMARTS) is 1. The van der Waals surface area contributed by atoms with E-state index in [1.54, 1.807) is 21.3 Å². The quantitative estimate of drug-likeness (QED) is 0.210. The lowest BCUT2D eigenvalue weighted by Crippen LogP contribution is -2.42. The van der Waals surface area contributed by atoms with Crippen molar-refractivity contribution in [3.8, 4) is 0 Å². The van der Waals surface area contributed by atoms with Crippen molar-refractivity contribution in [2.45, 2.75) is 110 Å². The van der Waals surface area contributed by atoms with E-state index in [1.165, 1.54) is 83.5 Å². The lowest BCUT2D eigenvalue weighted by atomic mass is 10.0. The third kappa shape index (κ3) is 21.7. The number of hydrogen-bond acceptors (Lipinski definition) is 4. The lowest BCUT2D eigenvalue weighted by Gasteiger charge is -2.24. The summed E-state index contributed by atoms with van der Waals surface area (Å²) in [7, 11) is 2.77. The highest BCUT2D eigenvalue weighted by atomic mass is 28.4. The van der Waals surface area contributed by atoms with E-state index in [0.29, 0.717) is 0 Å². The molecule has 0 unspecified atom stereocenters. The fraction of sp³-hybridized carbons (Fsp3) is 0.952. The van der Waals surface area contributed by atoms with Gasteiger partial charge in [-0.15, -0.1) is 0 Å². The van der Waals surface area contributed by atoms with E-state index in [0.717, 1.165) is 19.4 Å². The fourth-order valence-corrected chi connectivity index (χ4v) is 4.89. The van der Waals surface area contributed by atoms with E-state index in [9.17, 15) is 0 Å². The summed E-state index contributed by atoms with van der Waals surface area (Å²) < 4.78 is 16.3. The zero-order valence-electron chi connectivity index (χ0n) is 18.7. The van der Waals surface area contributed by atoms with Gasteiger partial charge in [0.2, 0.25) is 0 Å². The summed E-state index contributed by atoms with van der Waals surface area (Å²) in [5.74, 6) is -0.833. The summed E-state index contributed by atoms with van der Waals surface area (Å²) >= 11 is 0. The number of hydrogen-bond donors (Lipinski definition) is 1. The summed E-state index contributed by atoms with van der Waals surface area (Å²) in [6.45, 7) is 3.37. The molecule has 27 heavy (non-hydrogen) atoms. The van der Waals surface area contributed by atoms with Crippen LogP contribution in [0.25, 0.3) is 0 Å². The van der Waals surface area contributed by atoms with E-state index in [1.807, 2.05) is 0 Å². The van der Waals surface area contributed by atoms with Crippen LogP contribution in [0.5, 0.6) is 0 Å². The molecule has 6 heteroatoms. The molecule has 0 aromatic rings. The Kier molecular flexibility index (Phi) is 23.3.